The fraction of sp³-hybridized carbons (Fsp3) is 0.455. The second-order valence-corrected chi connectivity index (χ2v) is 7.26. The second kappa shape index (κ2) is 9.85. The van der Waals surface area contributed by atoms with Crippen molar-refractivity contribution < 1.29 is 18.3 Å². The number of hydrogen-bond acceptors (Lipinski definition) is 4. The lowest BCUT2D eigenvalue weighted by molar-refractivity contribution is 0.153. The van der Waals surface area contributed by atoms with Gasteiger partial charge in [-0.2, -0.15) is 0 Å². The van der Waals surface area contributed by atoms with Crippen molar-refractivity contribution in [1.82, 2.24) is 9.80 Å². The predicted octanol–water partition coefficient (Wildman–Crippen LogP) is 3.73. The summed E-state index contributed by atoms with van der Waals surface area (Å²) in [5, 5.41) is 0. The number of halogens is 2. The van der Waals surface area contributed by atoms with Gasteiger partial charge in [0.15, 0.2) is 11.6 Å². The smallest absolute Gasteiger partial charge is 0.167 e. The number of rotatable bonds is 8. The topological polar surface area (TPSA) is 24.9 Å². The number of piperazine rings is 1. The Balaban J connectivity index is 1.56. The van der Waals surface area contributed by atoms with Gasteiger partial charge in [0.25, 0.3) is 0 Å². The number of ether oxygens (including phenoxy) is 2. The van der Waals surface area contributed by atoms with Gasteiger partial charge in [-0.15, -0.1) is 0 Å². The van der Waals surface area contributed by atoms with Crippen LogP contribution in [0.1, 0.15) is 17.5 Å². The number of methoxy groups -OCH3 is 1. The maximum atomic E-state index is 13.8. The molecule has 0 saturated carbocycles. The van der Waals surface area contributed by atoms with Crippen LogP contribution < -0.4 is 9.47 Å². The predicted molar refractivity (Wildman–Crippen MR) is 106 cm³/mol. The summed E-state index contributed by atoms with van der Waals surface area (Å²) in [5.74, 6) is -0.596. The Morgan fingerprint density at radius 3 is 2.43 bits per heavy atom. The quantitative estimate of drug-likeness (QED) is 0.686. The Morgan fingerprint density at radius 1 is 0.964 bits per heavy atom. The zero-order chi connectivity index (χ0) is 19.9. The summed E-state index contributed by atoms with van der Waals surface area (Å²) in [4.78, 5) is 4.86. The summed E-state index contributed by atoms with van der Waals surface area (Å²) in [5.41, 5.74) is 2.05. The first-order chi connectivity index (χ1) is 13.5. The molecule has 6 heteroatoms. The van der Waals surface area contributed by atoms with Crippen molar-refractivity contribution >= 4 is 0 Å². The van der Waals surface area contributed by atoms with Crippen LogP contribution in [0.4, 0.5) is 8.78 Å². The van der Waals surface area contributed by atoms with E-state index in [4.69, 9.17) is 9.47 Å². The van der Waals surface area contributed by atoms with Gasteiger partial charge in [-0.05, 0) is 56.3 Å². The molecule has 0 aromatic heterocycles. The molecule has 0 aliphatic carbocycles. The van der Waals surface area contributed by atoms with Crippen molar-refractivity contribution in [3.63, 3.8) is 0 Å². The molecule has 0 unspecified atom stereocenters. The number of nitrogens with zero attached hydrogens (tertiary/aromatic N) is 2. The van der Waals surface area contributed by atoms with Gasteiger partial charge in [-0.25, -0.2) is 8.78 Å². The molecule has 152 valence electrons. The van der Waals surface area contributed by atoms with E-state index >= 15 is 0 Å². The molecule has 2 aromatic rings. The van der Waals surface area contributed by atoms with Gasteiger partial charge < -0.3 is 19.3 Å². The maximum Gasteiger partial charge on any atom is 0.167 e. The minimum atomic E-state index is -0.706. The first kappa shape index (κ1) is 20.6. The average molecular weight is 390 g/mol. The molecule has 28 heavy (non-hydrogen) atoms. The van der Waals surface area contributed by atoms with Crippen LogP contribution in [-0.2, 0) is 13.0 Å². The van der Waals surface area contributed by atoms with Crippen molar-refractivity contribution in [3.8, 4) is 11.5 Å². The van der Waals surface area contributed by atoms with Crippen LogP contribution in [0.25, 0.3) is 0 Å². The summed E-state index contributed by atoms with van der Waals surface area (Å²) >= 11 is 0. The summed E-state index contributed by atoms with van der Waals surface area (Å²) in [6, 6.07) is 9.34. The van der Waals surface area contributed by atoms with E-state index in [2.05, 4.69) is 22.9 Å². The average Bonchev–Trinajstić information content (AvgIpc) is 2.69. The highest BCUT2D eigenvalue weighted by atomic mass is 19.1. The van der Waals surface area contributed by atoms with E-state index in [1.807, 2.05) is 12.1 Å². The molecule has 0 N–H and O–H groups in total. The lowest BCUT2D eigenvalue weighted by Crippen LogP contribution is -2.44. The molecule has 1 heterocycles. The Bertz CT molecular complexity index is 777. The third-order valence-electron chi connectivity index (χ3n) is 5.16. The van der Waals surface area contributed by atoms with E-state index in [9.17, 15) is 8.78 Å². The second-order valence-electron chi connectivity index (χ2n) is 7.26. The molecule has 1 fully saturated rings. The molecule has 0 radical (unpaired) electrons. The van der Waals surface area contributed by atoms with Gasteiger partial charge in [-0.1, -0.05) is 6.07 Å². The number of benzene rings is 2. The standard InChI is InChI=1S/C22H28F2N2O2/c1-25-10-12-26(13-11-25)9-3-4-17-5-7-21(27-2)18(14-17)16-28-22-8-6-19(23)15-20(22)24/h5-8,14-15H,3-4,9-13,16H2,1-2H3. The largest absolute Gasteiger partial charge is 0.496 e. The van der Waals surface area contributed by atoms with E-state index < -0.39 is 11.6 Å². The Labute approximate surface area is 165 Å². The third-order valence-corrected chi connectivity index (χ3v) is 5.16. The molecule has 3 rings (SSSR count). The Hall–Kier alpha value is -2.18. The van der Waals surface area contributed by atoms with E-state index in [1.165, 1.54) is 17.7 Å². The van der Waals surface area contributed by atoms with E-state index in [1.54, 1.807) is 7.11 Å². The Kier molecular flexibility index (Phi) is 7.23. The van der Waals surface area contributed by atoms with Crippen molar-refractivity contribution in [1.29, 1.82) is 0 Å². The minimum absolute atomic E-state index is 0.0314. The minimum Gasteiger partial charge on any atom is -0.496 e. The van der Waals surface area contributed by atoms with Crippen LogP contribution >= 0.6 is 0 Å². The van der Waals surface area contributed by atoms with Gasteiger partial charge in [0.05, 0.1) is 7.11 Å². The summed E-state index contributed by atoms with van der Waals surface area (Å²) in [7, 11) is 3.76. The van der Waals surface area contributed by atoms with Crippen molar-refractivity contribution in [2.45, 2.75) is 19.4 Å². The maximum absolute atomic E-state index is 13.8. The van der Waals surface area contributed by atoms with E-state index in [-0.39, 0.29) is 12.4 Å². The van der Waals surface area contributed by atoms with Crippen LogP contribution in [-0.4, -0.2) is 56.7 Å². The SMILES string of the molecule is COc1ccc(CCCN2CCN(C)CC2)cc1COc1ccc(F)cc1F. The highest BCUT2D eigenvalue weighted by Gasteiger charge is 2.13. The molecule has 0 spiro atoms. The first-order valence-electron chi connectivity index (χ1n) is 9.69. The number of likely N-dealkylation sites (N-methyl/N-ethyl adjacent to an activating group) is 1. The lowest BCUT2D eigenvalue weighted by atomic mass is 10.1. The highest BCUT2D eigenvalue weighted by molar-refractivity contribution is 5.37. The normalized spacial score (nSPS) is 15.6. The first-order valence-corrected chi connectivity index (χ1v) is 9.69. The van der Waals surface area contributed by atoms with Gasteiger partial charge in [0.2, 0.25) is 0 Å². The van der Waals surface area contributed by atoms with Crippen molar-refractivity contribution in [2.24, 2.45) is 0 Å². The van der Waals surface area contributed by atoms with Crippen LogP contribution in [0.15, 0.2) is 36.4 Å². The summed E-state index contributed by atoms with van der Waals surface area (Å²) < 4.78 is 37.8. The van der Waals surface area contributed by atoms with Crippen LogP contribution in [0.5, 0.6) is 11.5 Å². The number of hydrogen-bond donors (Lipinski definition) is 0. The Morgan fingerprint density at radius 2 is 1.71 bits per heavy atom. The highest BCUT2D eigenvalue weighted by Crippen LogP contribution is 2.24. The van der Waals surface area contributed by atoms with Gasteiger partial charge in [0.1, 0.15) is 18.2 Å². The summed E-state index contributed by atoms with van der Waals surface area (Å²) in [6.07, 6.45) is 2.05. The van der Waals surface area contributed by atoms with Crippen LogP contribution in [0.2, 0.25) is 0 Å². The summed E-state index contributed by atoms with van der Waals surface area (Å²) in [6.45, 7) is 5.77. The number of aryl methyl sites for hydroxylation is 1. The van der Waals surface area contributed by atoms with Gasteiger partial charge in [-0.3, -0.25) is 0 Å². The zero-order valence-corrected chi connectivity index (χ0v) is 16.6. The van der Waals surface area contributed by atoms with E-state index in [0.717, 1.165) is 57.2 Å². The zero-order valence-electron chi connectivity index (χ0n) is 16.6. The molecule has 1 aliphatic rings. The molecule has 1 saturated heterocycles. The van der Waals surface area contributed by atoms with Gasteiger partial charge in [0, 0.05) is 37.8 Å². The van der Waals surface area contributed by atoms with Crippen LogP contribution in [0.3, 0.4) is 0 Å². The van der Waals surface area contributed by atoms with E-state index in [0.29, 0.717) is 5.75 Å². The van der Waals surface area contributed by atoms with Crippen LogP contribution in [0, 0.1) is 11.6 Å². The fourth-order valence-electron chi connectivity index (χ4n) is 3.43. The molecule has 2 aromatic carbocycles. The van der Waals surface area contributed by atoms with Gasteiger partial charge >= 0.3 is 0 Å². The molecule has 1 aliphatic heterocycles. The third kappa shape index (κ3) is 5.66. The molecular formula is C22H28F2N2O2. The van der Waals surface area contributed by atoms with Crippen molar-refractivity contribution in [2.75, 3.05) is 46.9 Å². The molecule has 0 bridgehead atoms. The molecule has 0 amide bonds. The monoisotopic (exact) mass is 390 g/mol. The molecule has 0 atom stereocenters. The molecule has 4 nitrogen and oxygen atoms in total. The molecular weight excluding hydrogens is 362 g/mol. The van der Waals surface area contributed by atoms with Crippen molar-refractivity contribution in [3.05, 3.63) is 59.2 Å². The lowest BCUT2D eigenvalue weighted by Gasteiger charge is -2.32. The fourth-order valence-corrected chi connectivity index (χ4v) is 3.43.